The molecule has 0 radical (unpaired) electrons. The minimum Gasteiger partial charge on any atom is -0.487 e. The molecule has 152 valence electrons. The predicted octanol–water partition coefficient (Wildman–Crippen LogP) is 3.53. The van der Waals surface area contributed by atoms with Crippen LogP contribution in [-0.2, 0) is 4.84 Å². The number of urea groups is 1. The monoisotopic (exact) mass is 412 g/mol. The van der Waals surface area contributed by atoms with Crippen LogP contribution in [0.15, 0.2) is 55.0 Å². The Kier molecular flexibility index (Phi) is 4.40. The van der Waals surface area contributed by atoms with Crippen LogP contribution in [0.3, 0.4) is 0 Å². The maximum Gasteiger partial charge on any atom is 0.343 e. The van der Waals surface area contributed by atoms with Gasteiger partial charge >= 0.3 is 6.03 Å². The maximum absolute atomic E-state index is 13.6. The van der Waals surface area contributed by atoms with Gasteiger partial charge in [0.25, 0.3) is 0 Å². The number of halogens is 2. The predicted molar refractivity (Wildman–Crippen MR) is 99.1 cm³/mol. The van der Waals surface area contributed by atoms with Crippen molar-refractivity contribution in [1.29, 1.82) is 0 Å². The Hall–Kier alpha value is -3.79. The number of aromatic nitrogens is 2. The average Bonchev–Trinajstić information content (AvgIpc) is 3.29. The van der Waals surface area contributed by atoms with Crippen LogP contribution in [0, 0.1) is 11.6 Å². The van der Waals surface area contributed by atoms with Gasteiger partial charge in [-0.15, -0.1) is 0 Å². The van der Waals surface area contributed by atoms with Crippen LogP contribution in [-0.4, -0.2) is 28.2 Å². The minimum absolute atomic E-state index is 0.0724. The number of hydrogen-bond acceptors (Lipinski definition) is 6. The number of benzene rings is 2. The number of hydrogen-bond donors (Lipinski definition) is 2. The second-order valence-corrected chi connectivity index (χ2v) is 6.72. The number of hydroxylamine groups is 1. The van der Waals surface area contributed by atoms with E-state index in [4.69, 9.17) is 14.3 Å². The topological polar surface area (TPSA) is 94.6 Å². The van der Waals surface area contributed by atoms with Crippen LogP contribution in [0.4, 0.5) is 19.3 Å². The number of anilines is 1. The number of nitrogens with zero attached hydrogens (tertiary/aromatic N) is 2. The summed E-state index contributed by atoms with van der Waals surface area (Å²) in [5, 5.41) is 2.25. The number of carbonyl (C=O) groups excluding carboxylic acids is 1. The van der Waals surface area contributed by atoms with Crippen molar-refractivity contribution in [2.75, 3.05) is 5.32 Å². The lowest BCUT2D eigenvalue weighted by Gasteiger charge is -2.12. The Labute approximate surface area is 168 Å². The molecule has 5 rings (SSSR count). The van der Waals surface area contributed by atoms with Gasteiger partial charge in [-0.25, -0.2) is 29.0 Å². The first kappa shape index (κ1) is 18.3. The van der Waals surface area contributed by atoms with Gasteiger partial charge in [0.1, 0.15) is 41.7 Å². The number of amides is 2. The van der Waals surface area contributed by atoms with E-state index in [-0.39, 0.29) is 17.7 Å². The number of rotatable bonds is 5. The molecular weight excluding hydrogens is 398 g/mol. The molecule has 1 saturated carbocycles. The van der Waals surface area contributed by atoms with Crippen molar-refractivity contribution >= 4 is 11.7 Å². The summed E-state index contributed by atoms with van der Waals surface area (Å²) in [5.74, 6) is 0.0195. The third-order valence-corrected chi connectivity index (χ3v) is 4.74. The number of fused-ring (bicyclic) bond motifs is 3. The van der Waals surface area contributed by atoms with Gasteiger partial charge in [-0.3, -0.25) is 4.84 Å². The van der Waals surface area contributed by atoms with Crippen molar-refractivity contribution in [2.45, 2.75) is 18.1 Å². The van der Waals surface area contributed by atoms with E-state index in [1.54, 1.807) is 24.4 Å². The first-order valence-corrected chi connectivity index (χ1v) is 9.00. The quantitative estimate of drug-likeness (QED) is 0.623. The van der Waals surface area contributed by atoms with Crippen LogP contribution < -0.4 is 20.3 Å². The smallest absolute Gasteiger partial charge is 0.343 e. The first-order chi connectivity index (χ1) is 14.6. The molecule has 2 N–H and O–H groups in total. The first-order valence-electron chi connectivity index (χ1n) is 9.00. The lowest BCUT2D eigenvalue weighted by Crippen LogP contribution is -2.31. The average molecular weight is 412 g/mol. The molecule has 8 nitrogen and oxygen atoms in total. The fourth-order valence-electron chi connectivity index (χ4n) is 3.32. The Balaban J connectivity index is 1.19. The highest BCUT2D eigenvalue weighted by Crippen LogP contribution is 2.55. The fraction of sp³-hybridized carbons (Fsp3) is 0.150. The van der Waals surface area contributed by atoms with Gasteiger partial charge in [-0.1, -0.05) is 0 Å². The maximum atomic E-state index is 13.6. The third kappa shape index (κ3) is 3.48. The molecule has 1 aliphatic carbocycles. The zero-order valence-corrected chi connectivity index (χ0v) is 15.2. The molecule has 10 heteroatoms. The van der Waals surface area contributed by atoms with Crippen LogP contribution >= 0.6 is 0 Å². The Morgan fingerprint density at radius 3 is 2.83 bits per heavy atom. The molecular formula is C20H14F2N4O4. The zero-order chi connectivity index (χ0) is 20.7. The van der Waals surface area contributed by atoms with E-state index >= 15 is 0 Å². The lowest BCUT2D eigenvalue weighted by molar-refractivity contribution is 0.0289. The van der Waals surface area contributed by atoms with Crippen LogP contribution in [0.25, 0.3) is 0 Å². The van der Waals surface area contributed by atoms with Gasteiger partial charge in [0, 0.05) is 23.9 Å². The van der Waals surface area contributed by atoms with Crippen molar-refractivity contribution in [2.24, 2.45) is 0 Å². The number of nitrogens with one attached hydrogen (secondary N) is 2. The number of ether oxygens (including phenoxy) is 2. The van der Waals surface area contributed by atoms with E-state index in [9.17, 15) is 13.6 Å². The third-order valence-electron chi connectivity index (χ3n) is 4.74. The van der Waals surface area contributed by atoms with E-state index < -0.39 is 23.8 Å². The summed E-state index contributed by atoms with van der Waals surface area (Å²) in [7, 11) is 0. The van der Waals surface area contributed by atoms with Crippen molar-refractivity contribution in [3.05, 3.63) is 72.2 Å². The number of carbonyl (C=O) groups is 1. The summed E-state index contributed by atoms with van der Waals surface area (Å²) in [6.45, 7) is 0. The van der Waals surface area contributed by atoms with Crippen molar-refractivity contribution < 1.29 is 27.9 Å². The molecule has 1 fully saturated rings. The lowest BCUT2D eigenvalue weighted by atomic mass is 10.1. The molecule has 1 aliphatic heterocycles. The molecule has 3 unspecified atom stereocenters. The van der Waals surface area contributed by atoms with Crippen molar-refractivity contribution in [3.63, 3.8) is 0 Å². The van der Waals surface area contributed by atoms with Crippen molar-refractivity contribution in [3.8, 4) is 17.4 Å². The molecule has 2 amide bonds. The highest BCUT2D eigenvalue weighted by atomic mass is 19.1. The van der Waals surface area contributed by atoms with Crippen LogP contribution in [0.5, 0.6) is 17.4 Å². The molecule has 1 aromatic heterocycles. The Bertz CT molecular complexity index is 1120. The second-order valence-electron chi connectivity index (χ2n) is 6.72. The molecule has 2 heterocycles. The van der Waals surface area contributed by atoms with Gasteiger partial charge in [-0.05, 0) is 30.3 Å². The van der Waals surface area contributed by atoms with Crippen LogP contribution in [0.2, 0.25) is 0 Å². The minimum atomic E-state index is -0.887. The summed E-state index contributed by atoms with van der Waals surface area (Å²) in [5.41, 5.74) is 2.94. The zero-order valence-electron chi connectivity index (χ0n) is 15.2. The molecule has 0 spiro atoms. The van der Waals surface area contributed by atoms with Gasteiger partial charge in [-0.2, -0.15) is 0 Å². The Morgan fingerprint density at radius 1 is 1.13 bits per heavy atom. The highest BCUT2D eigenvalue weighted by molar-refractivity contribution is 5.88. The summed E-state index contributed by atoms with van der Waals surface area (Å²) in [6.07, 6.45) is 2.34. The molecule has 2 aromatic carbocycles. The van der Waals surface area contributed by atoms with E-state index in [0.29, 0.717) is 17.7 Å². The van der Waals surface area contributed by atoms with E-state index in [1.165, 1.54) is 6.33 Å². The summed E-state index contributed by atoms with van der Waals surface area (Å²) in [4.78, 5) is 25.2. The normalized spacial score (nSPS) is 20.5. The largest absolute Gasteiger partial charge is 0.487 e. The van der Waals surface area contributed by atoms with Crippen LogP contribution in [0.1, 0.15) is 11.5 Å². The molecule has 30 heavy (non-hydrogen) atoms. The van der Waals surface area contributed by atoms with Gasteiger partial charge in [0.2, 0.25) is 5.88 Å². The van der Waals surface area contributed by atoms with Gasteiger partial charge < -0.3 is 14.8 Å². The van der Waals surface area contributed by atoms with E-state index in [0.717, 1.165) is 23.4 Å². The molecule has 2 aliphatic rings. The van der Waals surface area contributed by atoms with E-state index in [2.05, 4.69) is 20.8 Å². The SMILES string of the molecule is O=C(NOC1C2Oc3ccc(Oc4ccncn4)cc3C12)Nc1ccc(F)cc1F. The van der Waals surface area contributed by atoms with Crippen molar-refractivity contribution in [1.82, 2.24) is 15.4 Å². The van der Waals surface area contributed by atoms with Gasteiger partial charge in [0.05, 0.1) is 11.6 Å². The standard InChI is InChI=1S/C20H14F2N4O4/c21-10-1-3-14(13(22)7-10)25-20(27)26-30-19-17-12-8-11(2-4-15(12)29-18(17)19)28-16-5-6-23-9-24-16/h1-9,17-19H,(H2,25,26,27). The molecule has 3 aromatic rings. The van der Waals surface area contributed by atoms with Gasteiger partial charge in [0.15, 0.2) is 0 Å². The molecule has 0 saturated heterocycles. The second kappa shape index (κ2) is 7.23. The summed E-state index contributed by atoms with van der Waals surface area (Å²) in [6, 6.07) is 9.09. The fourth-order valence-corrected chi connectivity index (χ4v) is 3.32. The summed E-state index contributed by atoms with van der Waals surface area (Å²) < 4.78 is 38.0. The van der Waals surface area contributed by atoms with E-state index in [1.807, 2.05) is 6.07 Å². The summed E-state index contributed by atoms with van der Waals surface area (Å²) >= 11 is 0. The molecule has 3 atom stereocenters. The Morgan fingerprint density at radius 2 is 2.03 bits per heavy atom. The molecule has 0 bridgehead atoms. The highest BCUT2D eigenvalue weighted by Gasteiger charge is 2.61.